The SMILES string of the molecule is NCCCC(=O)OCl. The lowest BCUT2D eigenvalue weighted by Crippen LogP contribution is -2.03. The van der Waals surface area contributed by atoms with E-state index in [0.29, 0.717) is 19.4 Å². The Bertz CT molecular complexity index is 76.4. The third-order valence-corrected chi connectivity index (χ3v) is 0.843. The van der Waals surface area contributed by atoms with Crippen molar-refractivity contribution >= 4 is 17.8 Å². The molecule has 0 unspecified atom stereocenters. The first-order valence-corrected chi connectivity index (χ1v) is 2.63. The molecule has 0 aromatic rings. The monoisotopic (exact) mass is 137 g/mol. The molecule has 0 aromatic heterocycles. The molecule has 0 aliphatic heterocycles. The van der Waals surface area contributed by atoms with Crippen LogP contribution in [-0.2, 0) is 9.08 Å². The van der Waals surface area contributed by atoms with Crippen molar-refractivity contribution in [3.63, 3.8) is 0 Å². The van der Waals surface area contributed by atoms with Gasteiger partial charge in [-0.25, -0.2) is 0 Å². The third-order valence-electron chi connectivity index (χ3n) is 0.671. The number of carbonyl (C=O) groups is 1. The van der Waals surface area contributed by atoms with Crippen LogP contribution in [0.4, 0.5) is 0 Å². The Kier molecular flexibility index (Phi) is 4.70. The minimum atomic E-state index is -0.419. The van der Waals surface area contributed by atoms with Crippen molar-refractivity contribution < 1.29 is 9.08 Å². The Morgan fingerprint density at radius 1 is 1.75 bits per heavy atom. The summed E-state index contributed by atoms with van der Waals surface area (Å²) in [7, 11) is 0. The summed E-state index contributed by atoms with van der Waals surface area (Å²) >= 11 is 4.70. The molecule has 4 heteroatoms. The highest BCUT2D eigenvalue weighted by molar-refractivity contribution is 6.13. The first-order chi connectivity index (χ1) is 3.81. The van der Waals surface area contributed by atoms with Crippen LogP contribution < -0.4 is 5.73 Å². The van der Waals surface area contributed by atoms with Crippen molar-refractivity contribution in [2.75, 3.05) is 6.54 Å². The molecule has 0 atom stereocenters. The van der Waals surface area contributed by atoms with E-state index < -0.39 is 5.97 Å². The zero-order chi connectivity index (χ0) is 6.41. The second-order valence-corrected chi connectivity index (χ2v) is 1.50. The van der Waals surface area contributed by atoms with E-state index in [4.69, 9.17) is 17.6 Å². The van der Waals surface area contributed by atoms with Crippen molar-refractivity contribution in [1.29, 1.82) is 0 Å². The van der Waals surface area contributed by atoms with Crippen LogP contribution in [-0.4, -0.2) is 12.5 Å². The summed E-state index contributed by atoms with van der Waals surface area (Å²) in [5.74, 6) is -0.419. The van der Waals surface area contributed by atoms with E-state index >= 15 is 0 Å². The normalized spacial score (nSPS) is 8.75. The molecule has 0 aliphatic rings. The quantitative estimate of drug-likeness (QED) is 0.614. The van der Waals surface area contributed by atoms with E-state index in [-0.39, 0.29) is 0 Å². The van der Waals surface area contributed by atoms with Gasteiger partial charge in [-0.3, -0.25) is 4.79 Å². The largest absolute Gasteiger partial charge is 0.348 e. The summed E-state index contributed by atoms with van der Waals surface area (Å²) in [4.78, 5) is 10.2. The van der Waals surface area contributed by atoms with Crippen LogP contribution in [0.3, 0.4) is 0 Å². The molecule has 0 amide bonds. The van der Waals surface area contributed by atoms with Gasteiger partial charge in [0.25, 0.3) is 0 Å². The van der Waals surface area contributed by atoms with Gasteiger partial charge in [-0.15, -0.1) is 0 Å². The van der Waals surface area contributed by atoms with Crippen LogP contribution in [0.1, 0.15) is 12.8 Å². The third kappa shape index (κ3) is 3.89. The summed E-state index contributed by atoms with van der Waals surface area (Å²) in [5.41, 5.74) is 5.08. The highest BCUT2D eigenvalue weighted by Crippen LogP contribution is 1.91. The standard InChI is InChI=1S/C4H8ClNO2/c5-8-4(7)2-1-3-6/h1-3,6H2. The molecule has 0 bridgehead atoms. The van der Waals surface area contributed by atoms with Crippen LogP contribution in [0.5, 0.6) is 0 Å². The zero-order valence-corrected chi connectivity index (χ0v) is 5.15. The summed E-state index contributed by atoms with van der Waals surface area (Å²) in [6.45, 7) is 0.492. The Morgan fingerprint density at radius 3 is 2.75 bits per heavy atom. The smallest absolute Gasteiger partial charge is 0.324 e. The molecule has 0 rings (SSSR count). The maximum absolute atomic E-state index is 10.2. The van der Waals surface area contributed by atoms with Gasteiger partial charge in [-0.1, -0.05) is 0 Å². The summed E-state index contributed by atoms with van der Waals surface area (Å²) in [6, 6.07) is 0. The van der Waals surface area contributed by atoms with Gasteiger partial charge in [0.1, 0.15) is 11.9 Å². The van der Waals surface area contributed by atoms with Gasteiger partial charge in [-0.05, 0) is 13.0 Å². The van der Waals surface area contributed by atoms with E-state index in [1.54, 1.807) is 0 Å². The average molecular weight is 138 g/mol. The molecule has 48 valence electrons. The van der Waals surface area contributed by atoms with Crippen LogP contribution in [0.25, 0.3) is 0 Å². The van der Waals surface area contributed by atoms with Crippen molar-refractivity contribution in [2.45, 2.75) is 12.8 Å². The Morgan fingerprint density at radius 2 is 2.38 bits per heavy atom. The van der Waals surface area contributed by atoms with Crippen LogP contribution in [0.15, 0.2) is 0 Å². The number of hydrogen-bond acceptors (Lipinski definition) is 3. The second-order valence-electron chi connectivity index (χ2n) is 1.34. The van der Waals surface area contributed by atoms with Gasteiger partial charge in [-0.2, -0.15) is 0 Å². The average Bonchev–Trinajstić information content (AvgIpc) is 1.83. The molecule has 0 spiro atoms. The van der Waals surface area contributed by atoms with Crippen molar-refractivity contribution in [3.8, 4) is 0 Å². The maximum Gasteiger partial charge on any atom is 0.324 e. The number of halogens is 1. The lowest BCUT2D eigenvalue weighted by molar-refractivity contribution is -0.134. The predicted molar refractivity (Wildman–Crippen MR) is 30.2 cm³/mol. The fourth-order valence-corrected chi connectivity index (χ4v) is 0.362. The number of rotatable bonds is 3. The first-order valence-electron chi connectivity index (χ1n) is 2.32. The highest BCUT2D eigenvalue weighted by Gasteiger charge is 1.97. The Labute approximate surface area is 52.9 Å². The fraction of sp³-hybridized carbons (Fsp3) is 0.750. The first kappa shape index (κ1) is 7.72. The number of carbonyl (C=O) groups excluding carboxylic acids is 1. The maximum atomic E-state index is 10.2. The van der Waals surface area contributed by atoms with Gasteiger partial charge >= 0.3 is 5.97 Å². The molecule has 0 saturated carbocycles. The topological polar surface area (TPSA) is 52.3 Å². The Balaban J connectivity index is 2.99. The van der Waals surface area contributed by atoms with Gasteiger partial charge in [0.05, 0.1) is 0 Å². The van der Waals surface area contributed by atoms with E-state index in [0.717, 1.165) is 0 Å². The minimum absolute atomic E-state index is 0.306. The van der Waals surface area contributed by atoms with Gasteiger partial charge in [0.2, 0.25) is 0 Å². The summed E-state index contributed by atoms with van der Waals surface area (Å²) in [5, 5.41) is 0. The van der Waals surface area contributed by atoms with E-state index in [1.165, 1.54) is 0 Å². The van der Waals surface area contributed by atoms with Gasteiger partial charge in [0, 0.05) is 6.42 Å². The van der Waals surface area contributed by atoms with Crippen LogP contribution in [0, 0.1) is 0 Å². The zero-order valence-electron chi connectivity index (χ0n) is 4.39. The number of hydrogen-bond donors (Lipinski definition) is 1. The van der Waals surface area contributed by atoms with Crippen LogP contribution in [0.2, 0.25) is 0 Å². The van der Waals surface area contributed by atoms with E-state index in [1.807, 2.05) is 0 Å². The fourth-order valence-electron chi connectivity index (χ4n) is 0.285. The molecule has 0 heterocycles. The Hall–Kier alpha value is -0.280. The van der Waals surface area contributed by atoms with Gasteiger partial charge < -0.3 is 10.0 Å². The van der Waals surface area contributed by atoms with E-state index in [2.05, 4.69) is 4.29 Å². The molecule has 0 aromatic carbocycles. The lowest BCUT2D eigenvalue weighted by Gasteiger charge is -1.90. The van der Waals surface area contributed by atoms with Crippen LogP contribution >= 0.6 is 11.9 Å². The molecule has 0 aliphatic carbocycles. The molecular weight excluding hydrogens is 130 g/mol. The number of nitrogens with two attached hydrogens (primary N) is 1. The predicted octanol–water partition coefficient (Wildman–Crippen LogP) is 0.422. The van der Waals surface area contributed by atoms with Gasteiger partial charge in [0.15, 0.2) is 0 Å². The second kappa shape index (κ2) is 4.87. The molecule has 3 nitrogen and oxygen atoms in total. The minimum Gasteiger partial charge on any atom is -0.348 e. The molecule has 2 N–H and O–H groups in total. The molecule has 0 fully saturated rings. The molecule has 8 heavy (non-hydrogen) atoms. The van der Waals surface area contributed by atoms with Crippen molar-refractivity contribution in [1.82, 2.24) is 0 Å². The molecule has 0 saturated heterocycles. The summed E-state index contributed by atoms with van der Waals surface area (Å²) < 4.78 is 3.83. The van der Waals surface area contributed by atoms with E-state index in [9.17, 15) is 4.79 Å². The summed E-state index contributed by atoms with van der Waals surface area (Å²) in [6.07, 6.45) is 0.936. The highest BCUT2D eigenvalue weighted by atomic mass is 35.5. The molecular formula is C4H8ClNO2. The van der Waals surface area contributed by atoms with Crippen molar-refractivity contribution in [2.24, 2.45) is 5.73 Å². The molecule has 0 radical (unpaired) electrons. The lowest BCUT2D eigenvalue weighted by atomic mass is 10.3. The van der Waals surface area contributed by atoms with Crippen molar-refractivity contribution in [3.05, 3.63) is 0 Å².